The summed E-state index contributed by atoms with van der Waals surface area (Å²) in [5.74, 6) is 0.0183. The fourth-order valence-electron chi connectivity index (χ4n) is 2.79. The number of nitrogens with zero attached hydrogens (tertiary/aromatic N) is 4. The highest BCUT2D eigenvalue weighted by Crippen LogP contribution is 2.17. The number of hydrogen-bond acceptors (Lipinski definition) is 4. The van der Waals surface area contributed by atoms with E-state index < -0.39 is 0 Å². The van der Waals surface area contributed by atoms with Gasteiger partial charge in [-0.3, -0.25) is 9.59 Å². The van der Waals surface area contributed by atoms with Gasteiger partial charge in [0.15, 0.2) is 5.82 Å². The van der Waals surface area contributed by atoms with E-state index in [9.17, 15) is 14.0 Å². The minimum Gasteiger partial charge on any atom is -0.347 e. The van der Waals surface area contributed by atoms with E-state index >= 15 is 0 Å². The van der Waals surface area contributed by atoms with Gasteiger partial charge in [0.05, 0.1) is 6.54 Å². The quantitative estimate of drug-likeness (QED) is 0.915. The Balaban J connectivity index is 1.77. The standard InChI is InChI=1S/C17H20FN5O2/c1-10(2)19-16(24)15-21-20-14-9-22(6-7-23(14)15)17(25)12-4-5-13(18)11(3)8-12/h4-5,8,10H,6-7,9H2,1-3H3,(H,19,24). The van der Waals surface area contributed by atoms with Gasteiger partial charge in [0.2, 0.25) is 5.82 Å². The van der Waals surface area contributed by atoms with E-state index in [0.717, 1.165) is 0 Å². The lowest BCUT2D eigenvalue weighted by Crippen LogP contribution is -2.40. The minimum absolute atomic E-state index is 0.00355. The number of carbonyl (C=O) groups is 2. The molecule has 132 valence electrons. The molecule has 1 aliphatic rings. The molecular formula is C17H20FN5O2. The van der Waals surface area contributed by atoms with Gasteiger partial charge >= 0.3 is 0 Å². The van der Waals surface area contributed by atoms with Crippen molar-refractivity contribution < 1.29 is 14.0 Å². The van der Waals surface area contributed by atoms with E-state index in [1.807, 2.05) is 13.8 Å². The molecule has 1 N–H and O–H groups in total. The van der Waals surface area contributed by atoms with Crippen molar-refractivity contribution in [3.05, 3.63) is 46.8 Å². The number of nitrogens with one attached hydrogen (secondary N) is 1. The molecule has 0 aliphatic carbocycles. The van der Waals surface area contributed by atoms with Crippen LogP contribution < -0.4 is 5.32 Å². The number of halogens is 1. The lowest BCUT2D eigenvalue weighted by Gasteiger charge is -2.28. The van der Waals surface area contributed by atoms with Crippen LogP contribution in [-0.2, 0) is 13.1 Å². The third-order valence-corrected chi connectivity index (χ3v) is 4.07. The lowest BCUT2D eigenvalue weighted by atomic mass is 10.1. The Morgan fingerprint density at radius 3 is 2.68 bits per heavy atom. The molecule has 25 heavy (non-hydrogen) atoms. The molecule has 1 aliphatic heterocycles. The number of benzene rings is 1. The van der Waals surface area contributed by atoms with Crippen molar-refractivity contribution in [2.45, 2.75) is 39.9 Å². The van der Waals surface area contributed by atoms with Crippen molar-refractivity contribution in [2.24, 2.45) is 0 Å². The van der Waals surface area contributed by atoms with E-state index in [0.29, 0.717) is 30.0 Å². The largest absolute Gasteiger partial charge is 0.347 e. The van der Waals surface area contributed by atoms with E-state index in [2.05, 4.69) is 15.5 Å². The third-order valence-electron chi connectivity index (χ3n) is 4.07. The van der Waals surface area contributed by atoms with Crippen LogP contribution >= 0.6 is 0 Å². The van der Waals surface area contributed by atoms with Gasteiger partial charge < -0.3 is 14.8 Å². The van der Waals surface area contributed by atoms with Crippen LogP contribution in [0.2, 0.25) is 0 Å². The van der Waals surface area contributed by atoms with Gasteiger partial charge in [-0.05, 0) is 44.5 Å². The monoisotopic (exact) mass is 345 g/mol. The zero-order valence-electron chi connectivity index (χ0n) is 14.4. The molecule has 0 saturated carbocycles. The van der Waals surface area contributed by atoms with E-state index in [1.54, 1.807) is 22.5 Å². The highest BCUT2D eigenvalue weighted by atomic mass is 19.1. The number of carbonyl (C=O) groups excluding carboxylic acids is 2. The van der Waals surface area contributed by atoms with Crippen LogP contribution in [0.15, 0.2) is 18.2 Å². The van der Waals surface area contributed by atoms with Crippen LogP contribution in [-0.4, -0.2) is 44.1 Å². The molecule has 8 heteroatoms. The Bertz CT molecular complexity index is 830. The van der Waals surface area contributed by atoms with Crippen LogP contribution in [0, 0.1) is 12.7 Å². The first-order valence-electron chi connectivity index (χ1n) is 8.15. The van der Waals surface area contributed by atoms with Crippen LogP contribution in [0.1, 0.15) is 46.2 Å². The molecule has 0 atom stereocenters. The zero-order chi connectivity index (χ0) is 18.1. The minimum atomic E-state index is -0.337. The summed E-state index contributed by atoms with van der Waals surface area (Å²) >= 11 is 0. The molecule has 1 aromatic heterocycles. The van der Waals surface area contributed by atoms with E-state index in [-0.39, 0.29) is 36.0 Å². The Morgan fingerprint density at radius 1 is 1.24 bits per heavy atom. The number of hydrogen-bond donors (Lipinski definition) is 1. The van der Waals surface area contributed by atoms with Gasteiger partial charge in [-0.25, -0.2) is 4.39 Å². The first kappa shape index (κ1) is 17.1. The topological polar surface area (TPSA) is 80.1 Å². The number of amides is 2. The molecule has 0 spiro atoms. The fourth-order valence-corrected chi connectivity index (χ4v) is 2.79. The Labute approximate surface area is 144 Å². The number of rotatable bonds is 3. The number of aromatic nitrogens is 3. The average molecular weight is 345 g/mol. The molecule has 0 saturated heterocycles. The van der Waals surface area contributed by atoms with Gasteiger partial charge in [-0.1, -0.05) is 0 Å². The SMILES string of the molecule is Cc1cc(C(=O)N2CCn3c(nnc3C(=O)NC(C)C)C2)ccc1F. The predicted molar refractivity (Wildman–Crippen MR) is 88.5 cm³/mol. The molecule has 2 aromatic rings. The van der Waals surface area contributed by atoms with Crippen LogP contribution in [0.4, 0.5) is 4.39 Å². The van der Waals surface area contributed by atoms with Crippen molar-refractivity contribution >= 4 is 11.8 Å². The summed E-state index contributed by atoms with van der Waals surface area (Å²) in [5.41, 5.74) is 0.864. The molecule has 0 unspecified atom stereocenters. The molecule has 1 aromatic carbocycles. The van der Waals surface area contributed by atoms with Gasteiger partial charge in [0.25, 0.3) is 11.8 Å². The van der Waals surface area contributed by atoms with Gasteiger partial charge in [0.1, 0.15) is 5.82 Å². The van der Waals surface area contributed by atoms with E-state index in [4.69, 9.17) is 0 Å². The molecular weight excluding hydrogens is 325 g/mol. The second-order valence-corrected chi connectivity index (χ2v) is 6.41. The van der Waals surface area contributed by atoms with Gasteiger partial charge in [-0.15, -0.1) is 10.2 Å². The van der Waals surface area contributed by atoms with Crippen LogP contribution in [0.25, 0.3) is 0 Å². The average Bonchev–Trinajstić information content (AvgIpc) is 2.99. The molecule has 2 heterocycles. The smallest absolute Gasteiger partial charge is 0.289 e. The van der Waals surface area contributed by atoms with Crippen molar-refractivity contribution in [1.82, 2.24) is 25.0 Å². The molecule has 7 nitrogen and oxygen atoms in total. The van der Waals surface area contributed by atoms with Crippen molar-refractivity contribution in [2.75, 3.05) is 6.54 Å². The first-order chi connectivity index (χ1) is 11.9. The summed E-state index contributed by atoms with van der Waals surface area (Å²) in [6.07, 6.45) is 0. The van der Waals surface area contributed by atoms with Crippen molar-refractivity contribution in [3.8, 4) is 0 Å². The van der Waals surface area contributed by atoms with Crippen molar-refractivity contribution in [1.29, 1.82) is 0 Å². The molecule has 0 fully saturated rings. The molecule has 3 rings (SSSR count). The first-order valence-corrected chi connectivity index (χ1v) is 8.15. The fraction of sp³-hybridized carbons (Fsp3) is 0.412. The van der Waals surface area contributed by atoms with Crippen molar-refractivity contribution in [3.63, 3.8) is 0 Å². The van der Waals surface area contributed by atoms with Crippen LogP contribution in [0.5, 0.6) is 0 Å². The summed E-state index contributed by atoms with van der Waals surface area (Å²) < 4.78 is 15.1. The maximum absolute atomic E-state index is 13.4. The van der Waals surface area contributed by atoms with E-state index in [1.165, 1.54) is 12.1 Å². The van der Waals surface area contributed by atoms with Gasteiger partial charge in [-0.2, -0.15) is 0 Å². The molecule has 0 bridgehead atoms. The highest BCUT2D eigenvalue weighted by Gasteiger charge is 2.27. The Morgan fingerprint density at radius 2 is 2.00 bits per heavy atom. The number of fused-ring (bicyclic) bond motifs is 1. The number of aryl methyl sites for hydroxylation is 1. The lowest BCUT2D eigenvalue weighted by molar-refractivity contribution is 0.0705. The van der Waals surface area contributed by atoms with Crippen LogP contribution in [0.3, 0.4) is 0 Å². The summed E-state index contributed by atoms with van der Waals surface area (Å²) in [5, 5.41) is 10.8. The summed E-state index contributed by atoms with van der Waals surface area (Å²) in [6.45, 7) is 6.50. The maximum atomic E-state index is 13.4. The third kappa shape index (κ3) is 3.38. The highest BCUT2D eigenvalue weighted by molar-refractivity contribution is 5.94. The Hall–Kier alpha value is -2.77. The second-order valence-electron chi connectivity index (χ2n) is 6.41. The summed E-state index contributed by atoms with van der Waals surface area (Å²) in [4.78, 5) is 26.4. The summed E-state index contributed by atoms with van der Waals surface area (Å²) in [6, 6.07) is 4.32. The Kier molecular flexibility index (Phi) is 4.52. The molecule has 2 amide bonds. The van der Waals surface area contributed by atoms with Gasteiger partial charge in [0, 0.05) is 24.7 Å². The predicted octanol–water partition coefficient (Wildman–Crippen LogP) is 1.52. The second kappa shape index (κ2) is 6.62. The molecule has 0 radical (unpaired) electrons. The summed E-state index contributed by atoms with van der Waals surface area (Å²) in [7, 11) is 0. The zero-order valence-corrected chi connectivity index (χ0v) is 14.4. The maximum Gasteiger partial charge on any atom is 0.289 e. The normalized spacial score (nSPS) is 13.7.